The molecule has 48 heavy (non-hydrogen) atoms. The van der Waals surface area contributed by atoms with Crippen molar-refractivity contribution in [3.05, 3.63) is 50.9 Å². The zero-order chi connectivity index (χ0) is 34.9. The number of nitrogens with zero attached hydrogens (tertiary/aromatic N) is 4. The number of H-pyrrole nitrogens is 1. The van der Waals surface area contributed by atoms with Crippen molar-refractivity contribution in [1.29, 1.82) is 5.26 Å². The molecule has 2 aliphatic heterocycles. The summed E-state index contributed by atoms with van der Waals surface area (Å²) >= 11 is 7.58. The van der Waals surface area contributed by atoms with Crippen molar-refractivity contribution >= 4 is 66.9 Å². The number of thiophene rings is 1. The van der Waals surface area contributed by atoms with E-state index in [-0.39, 0.29) is 65.6 Å². The maximum absolute atomic E-state index is 16.7. The van der Waals surface area contributed by atoms with Crippen LogP contribution in [0.15, 0.2) is 23.0 Å². The van der Waals surface area contributed by atoms with Gasteiger partial charge in [0.2, 0.25) is 0 Å². The van der Waals surface area contributed by atoms with Gasteiger partial charge in [0.15, 0.2) is 5.82 Å². The number of halogens is 3. The average molecular weight is 699 g/mol. The minimum Gasteiger partial charge on any atom is -0.444 e. The smallest absolute Gasteiger partial charge is 0.412 e. The molecule has 2 amide bonds. The standard InChI is InChI=1S/C33H33ClF2N6O5S/c1-32(2,3)46-30(44)40-28-19(12-37)22-17(9-10-21(35)26(22)48-28)23-20(34)11-18-25(24(23)36)38-29(43)39-27(18)41-13-15-7-8-16(14-41)42(15)31(45)47-33(4,5)6/h9-11,15-16H,7-8,13-14H2,1-6H3,(H,40,44)(H,38,39,43). The second kappa shape index (κ2) is 11.9. The van der Waals surface area contributed by atoms with Crippen LogP contribution >= 0.6 is 22.9 Å². The quantitative estimate of drug-likeness (QED) is 0.224. The molecule has 2 aliphatic rings. The molecule has 0 spiro atoms. The highest BCUT2D eigenvalue weighted by Crippen LogP contribution is 2.46. The number of aromatic amines is 1. The van der Waals surface area contributed by atoms with Gasteiger partial charge < -0.3 is 19.4 Å². The monoisotopic (exact) mass is 698 g/mol. The van der Waals surface area contributed by atoms with E-state index in [0.29, 0.717) is 13.1 Å². The van der Waals surface area contributed by atoms with E-state index in [1.807, 2.05) is 11.0 Å². The summed E-state index contributed by atoms with van der Waals surface area (Å²) in [7, 11) is 0. The van der Waals surface area contributed by atoms with Gasteiger partial charge in [-0.25, -0.2) is 23.2 Å². The second-order valence-electron chi connectivity index (χ2n) is 13.9. The Hall–Kier alpha value is -4.48. The van der Waals surface area contributed by atoms with Crippen LogP contribution < -0.4 is 15.9 Å². The van der Waals surface area contributed by atoms with Gasteiger partial charge in [-0.3, -0.25) is 10.2 Å². The number of amides is 2. The van der Waals surface area contributed by atoms with E-state index in [2.05, 4.69) is 15.3 Å². The number of hydrogen-bond donors (Lipinski definition) is 2. The Bertz CT molecular complexity index is 2080. The molecule has 2 aromatic carbocycles. The van der Waals surface area contributed by atoms with Gasteiger partial charge in [0.1, 0.15) is 33.9 Å². The molecule has 2 unspecified atom stereocenters. The molecule has 0 radical (unpaired) electrons. The van der Waals surface area contributed by atoms with Crippen LogP contribution in [0.4, 0.5) is 29.2 Å². The van der Waals surface area contributed by atoms with Crippen molar-refractivity contribution in [2.45, 2.75) is 77.7 Å². The number of carbonyl (C=O) groups excluding carboxylic acids is 2. The molecular weight excluding hydrogens is 666 g/mol. The van der Waals surface area contributed by atoms with Gasteiger partial charge in [0.25, 0.3) is 0 Å². The van der Waals surface area contributed by atoms with Crippen LogP contribution in [0.5, 0.6) is 0 Å². The van der Waals surface area contributed by atoms with E-state index < -0.39 is 40.7 Å². The number of rotatable bonds is 3. The Balaban J connectivity index is 1.43. The lowest BCUT2D eigenvalue weighted by Crippen LogP contribution is -2.57. The number of fused-ring (bicyclic) bond motifs is 4. The molecule has 11 nitrogen and oxygen atoms in total. The lowest BCUT2D eigenvalue weighted by Gasteiger charge is -2.42. The van der Waals surface area contributed by atoms with Crippen molar-refractivity contribution < 1.29 is 27.8 Å². The first-order valence-corrected chi connectivity index (χ1v) is 16.5. The van der Waals surface area contributed by atoms with E-state index in [0.717, 1.165) is 30.2 Å². The van der Waals surface area contributed by atoms with Crippen molar-refractivity contribution in [2.75, 3.05) is 23.3 Å². The normalized spacial score (nSPS) is 17.9. The number of nitrogens with one attached hydrogen (secondary N) is 2. The molecule has 2 atom stereocenters. The van der Waals surface area contributed by atoms with Gasteiger partial charge in [-0.2, -0.15) is 10.2 Å². The van der Waals surface area contributed by atoms with Gasteiger partial charge >= 0.3 is 17.9 Å². The van der Waals surface area contributed by atoms with Crippen LogP contribution in [-0.2, 0) is 9.47 Å². The third-order valence-corrected chi connectivity index (χ3v) is 9.48. The Morgan fingerprint density at radius 1 is 1.10 bits per heavy atom. The summed E-state index contributed by atoms with van der Waals surface area (Å²) in [5.41, 5.74) is -2.65. The number of anilines is 2. The second-order valence-corrected chi connectivity index (χ2v) is 15.3. The lowest BCUT2D eigenvalue weighted by molar-refractivity contribution is 0.0122. The molecule has 2 fully saturated rings. The van der Waals surface area contributed by atoms with E-state index in [4.69, 9.17) is 21.1 Å². The molecule has 0 aliphatic carbocycles. The van der Waals surface area contributed by atoms with Crippen molar-refractivity contribution in [2.24, 2.45) is 0 Å². The van der Waals surface area contributed by atoms with Crippen LogP contribution in [0.3, 0.4) is 0 Å². The van der Waals surface area contributed by atoms with Crippen molar-refractivity contribution in [3.63, 3.8) is 0 Å². The Morgan fingerprint density at radius 3 is 2.35 bits per heavy atom. The Morgan fingerprint density at radius 2 is 1.75 bits per heavy atom. The minimum absolute atomic E-state index is 0.00656. The predicted octanol–water partition coefficient (Wildman–Crippen LogP) is 7.54. The lowest BCUT2D eigenvalue weighted by atomic mass is 9.97. The fraction of sp³-hybridized carbons (Fsp3) is 0.424. The fourth-order valence-electron chi connectivity index (χ4n) is 6.36. The highest BCUT2D eigenvalue weighted by Gasteiger charge is 2.45. The third kappa shape index (κ3) is 6.12. The number of hydrogen-bond acceptors (Lipinski definition) is 9. The summed E-state index contributed by atoms with van der Waals surface area (Å²) in [6, 6.07) is 5.49. The maximum Gasteiger partial charge on any atom is 0.412 e. The average Bonchev–Trinajstić information content (AvgIpc) is 3.46. The number of carbonyl (C=O) groups is 2. The number of piperazine rings is 1. The first-order valence-electron chi connectivity index (χ1n) is 15.3. The molecule has 2 saturated heterocycles. The van der Waals surface area contributed by atoms with Crippen molar-refractivity contribution in [1.82, 2.24) is 14.9 Å². The number of nitriles is 1. The van der Waals surface area contributed by atoms with Crippen molar-refractivity contribution in [3.8, 4) is 17.2 Å². The zero-order valence-corrected chi connectivity index (χ0v) is 28.7. The number of aromatic nitrogens is 2. The molecule has 15 heteroatoms. The topological polar surface area (TPSA) is 141 Å². The fourth-order valence-corrected chi connectivity index (χ4v) is 7.72. The molecule has 252 valence electrons. The third-order valence-electron chi connectivity index (χ3n) is 8.07. The Labute approximate surface area is 283 Å². The molecule has 6 rings (SSSR count). The SMILES string of the molecule is CC(C)(C)OC(=O)Nc1sc2c(F)ccc(-c3c(Cl)cc4c(N5CC6CCC(C5)N6C(=O)OC(C)(C)C)nc(=O)[nH]c4c3F)c2c1C#N. The summed E-state index contributed by atoms with van der Waals surface area (Å²) in [6.45, 7) is 11.1. The van der Waals surface area contributed by atoms with Crippen LogP contribution in [0.1, 0.15) is 59.9 Å². The van der Waals surface area contributed by atoms with Gasteiger partial charge in [-0.1, -0.05) is 17.7 Å². The molecular formula is C33H33ClF2N6O5S. The van der Waals surface area contributed by atoms with E-state index in [1.165, 1.54) is 12.1 Å². The van der Waals surface area contributed by atoms with Gasteiger partial charge in [0.05, 0.1) is 32.9 Å². The summed E-state index contributed by atoms with van der Waals surface area (Å²) < 4.78 is 42.7. The predicted molar refractivity (Wildman–Crippen MR) is 180 cm³/mol. The van der Waals surface area contributed by atoms with Gasteiger partial charge in [-0.15, -0.1) is 11.3 Å². The van der Waals surface area contributed by atoms with Crippen LogP contribution in [0.25, 0.3) is 32.1 Å². The molecule has 2 bridgehead atoms. The molecule has 4 aromatic rings. The molecule has 4 heterocycles. The van der Waals surface area contributed by atoms with Crippen LogP contribution in [0, 0.1) is 23.0 Å². The van der Waals surface area contributed by atoms with E-state index in [1.54, 1.807) is 46.4 Å². The first-order chi connectivity index (χ1) is 22.5. The largest absolute Gasteiger partial charge is 0.444 e. The summed E-state index contributed by atoms with van der Waals surface area (Å²) in [4.78, 5) is 48.7. The van der Waals surface area contributed by atoms with E-state index in [9.17, 15) is 19.6 Å². The molecule has 2 N–H and O–H groups in total. The minimum atomic E-state index is -0.904. The molecule has 2 aromatic heterocycles. The summed E-state index contributed by atoms with van der Waals surface area (Å²) in [5, 5.41) is 12.8. The maximum atomic E-state index is 16.7. The number of ether oxygens (including phenoxy) is 2. The van der Waals surface area contributed by atoms with Crippen LogP contribution in [-0.4, -0.2) is 63.4 Å². The Kier molecular flexibility index (Phi) is 8.28. The highest BCUT2D eigenvalue weighted by atomic mass is 35.5. The molecule has 0 saturated carbocycles. The number of benzene rings is 2. The first kappa shape index (κ1) is 33.4. The highest BCUT2D eigenvalue weighted by molar-refractivity contribution is 7.23. The van der Waals surface area contributed by atoms with E-state index >= 15 is 8.78 Å². The summed E-state index contributed by atoms with van der Waals surface area (Å²) in [6.07, 6.45) is 0.208. The van der Waals surface area contributed by atoms with Crippen LogP contribution in [0.2, 0.25) is 5.02 Å². The summed E-state index contributed by atoms with van der Waals surface area (Å²) in [5.74, 6) is -1.38. The van der Waals surface area contributed by atoms with Gasteiger partial charge in [0, 0.05) is 29.4 Å². The van der Waals surface area contributed by atoms with Gasteiger partial charge in [-0.05, 0) is 72.1 Å². The zero-order valence-electron chi connectivity index (χ0n) is 27.1.